The van der Waals surface area contributed by atoms with Gasteiger partial charge in [0.15, 0.2) is 0 Å². The van der Waals surface area contributed by atoms with E-state index in [1.165, 1.54) is 19.3 Å². The summed E-state index contributed by atoms with van der Waals surface area (Å²) in [5, 5.41) is 13.5. The lowest BCUT2D eigenvalue weighted by Crippen LogP contribution is -2.33. The van der Waals surface area contributed by atoms with Crippen molar-refractivity contribution >= 4 is 11.6 Å². The Kier molecular flexibility index (Phi) is 6.16. The van der Waals surface area contributed by atoms with Gasteiger partial charge >= 0.3 is 0 Å². The predicted molar refractivity (Wildman–Crippen MR) is 112 cm³/mol. The highest BCUT2D eigenvalue weighted by molar-refractivity contribution is 6.06. The van der Waals surface area contributed by atoms with Crippen molar-refractivity contribution in [3.05, 3.63) is 60.3 Å². The third-order valence-corrected chi connectivity index (χ3v) is 5.11. The average Bonchev–Trinajstić information content (AvgIpc) is 3.30. The van der Waals surface area contributed by atoms with Crippen LogP contribution < -0.4 is 10.1 Å². The van der Waals surface area contributed by atoms with Crippen molar-refractivity contribution in [2.24, 2.45) is 0 Å². The summed E-state index contributed by atoms with van der Waals surface area (Å²) in [4.78, 5) is 15.1. The van der Waals surface area contributed by atoms with Crippen molar-refractivity contribution in [1.29, 1.82) is 0 Å². The van der Waals surface area contributed by atoms with E-state index in [9.17, 15) is 4.79 Å². The molecule has 3 aromatic rings. The molecule has 1 aliphatic rings. The summed E-state index contributed by atoms with van der Waals surface area (Å²) in [6.07, 6.45) is 5.53. The number of hydrogen-bond donors (Lipinski definition) is 2. The van der Waals surface area contributed by atoms with Gasteiger partial charge in [-0.1, -0.05) is 24.6 Å². The van der Waals surface area contributed by atoms with Crippen molar-refractivity contribution in [2.45, 2.75) is 19.3 Å². The monoisotopic (exact) mass is 391 g/mol. The van der Waals surface area contributed by atoms with Gasteiger partial charge < -0.3 is 10.1 Å². The number of hydrogen-bond acceptors (Lipinski definition) is 5. The first-order valence-electron chi connectivity index (χ1n) is 10.0. The highest BCUT2D eigenvalue weighted by Crippen LogP contribution is 2.26. The van der Waals surface area contributed by atoms with E-state index in [1.54, 1.807) is 18.3 Å². The predicted octanol–water partition coefficient (Wildman–Crippen LogP) is 3.59. The van der Waals surface area contributed by atoms with Gasteiger partial charge in [0.2, 0.25) is 0 Å². The van der Waals surface area contributed by atoms with Gasteiger partial charge in [0.1, 0.15) is 18.1 Å². The molecule has 0 bridgehead atoms. The second-order valence-corrected chi connectivity index (χ2v) is 7.13. The zero-order valence-electron chi connectivity index (χ0n) is 16.3. The number of piperidine rings is 1. The van der Waals surface area contributed by atoms with Gasteiger partial charge in [-0.3, -0.25) is 9.69 Å². The van der Waals surface area contributed by atoms with Gasteiger partial charge in [-0.25, -0.2) is 0 Å². The number of aromatic amines is 1. The van der Waals surface area contributed by atoms with E-state index < -0.39 is 0 Å². The summed E-state index contributed by atoms with van der Waals surface area (Å²) >= 11 is 0. The Hall–Kier alpha value is -3.19. The third kappa shape index (κ3) is 5.00. The smallest absolute Gasteiger partial charge is 0.255 e. The zero-order valence-corrected chi connectivity index (χ0v) is 16.3. The molecule has 4 rings (SSSR count). The molecule has 1 amide bonds. The number of nitrogens with one attached hydrogen (secondary N) is 2. The molecular formula is C22H25N5O2. The molecule has 0 atom stereocenters. The minimum Gasteiger partial charge on any atom is -0.492 e. The molecule has 1 fully saturated rings. The first kappa shape index (κ1) is 19.1. The molecule has 7 nitrogen and oxygen atoms in total. The Morgan fingerprint density at radius 1 is 1.07 bits per heavy atom. The number of benzene rings is 2. The molecule has 2 aromatic carbocycles. The van der Waals surface area contributed by atoms with Crippen LogP contribution in [0.4, 0.5) is 5.69 Å². The van der Waals surface area contributed by atoms with E-state index in [0.717, 1.165) is 30.9 Å². The van der Waals surface area contributed by atoms with Crippen LogP contribution in [0.2, 0.25) is 0 Å². The molecular weight excluding hydrogens is 366 g/mol. The van der Waals surface area contributed by atoms with Crippen LogP contribution in [-0.2, 0) is 0 Å². The van der Waals surface area contributed by atoms with Crippen molar-refractivity contribution < 1.29 is 9.53 Å². The fourth-order valence-electron chi connectivity index (χ4n) is 3.52. The fraction of sp³-hybridized carbons (Fsp3) is 0.318. The van der Waals surface area contributed by atoms with Crippen LogP contribution >= 0.6 is 0 Å². The quantitative estimate of drug-likeness (QED) is 0.643. The molecule has 0 spiro atoms. The Labute approximate surface area is 170 Å². The Morgan fingerprint density at radius 3 is 2.62 bits per heavy atom. The highest BCUT2D eigenvalue weighted by atomic mass is 16.5. The van der Waals surface area contributed by atoms with Gasteiger partial charge in [-0.05, 0) is 56.3 Å². The summed E-state index contributed by atoms with van der Waals surface area (Å²) in [7, 11) is 0. The van der Waals surface area contributed by atoms with Crippen LogP contribution in [0.1, 0.15) is 29.6 Å². The minimum absolute atomic E-state index is 0.180. The molecule has 1 saturated heterocycles. The van der Waals surface area contributed by atoms with Gasteiger partial charge in [-0.15, -0.1) is 0 Å². The van der Waals surface area contributed by atoms with Crippen LogP contribution in [0.25, 0.3) is 11.3 Å². The standard InChI is InChI=1S/C22H25N5O2/c28-22(24-20-7-3-2-6-19(20)21-16-23-26-25-21)17-8-10-18(11-9-17)29-15-14-27-12-4-1-5-13-27/h2-3,6-11,16H,1,4-5,12-15H2,(H,24,28)(H,23,25,26). The lowest BCUT2D eigenvalue weighted by molar-refractivity contribution is 0.102. The normalized spacial score (nSPS) is 14.5. The number of aromatic nitrogens is 3. The SMILES string of the molecule is O=C(Nc1ccccc1-c1cn[nH]n1)c1ccc(OCCN2CCCCC2)cc1. The number of carbonyl (C=O) groups excluding carboxylic acids is 1. The van der Waals surface area contributed by atoms with E-state index in [4.69, 9.17) is 4.74 Å². The molecule has 1 aromatic heterocycles. The molecule has 150 valence electrons. The second kappa shape index (κ2) is 9.34. The van der Waals surface area contributed by atoms with Crippen molar-refractivity contribution in [2.75, 3.05) is 31.6 Å². The van der Waals surface area contributed by atoms with E-state index in [-0.39, 0.29) is 5.91 Å². The lowest BCUT2D eigenvalue weighted by Gasteiger charge is -2.26. The van der Waals surface area contributed by atoms with Crippen LogP contribution in [0.3, 0.4) is 0 Å². The first-order valence-corrected chi connectivity index (χ1v) is 10.0. The van der Waals surface area contributed by atoms with Crippen LogP contribution in [0, 0.1) is 0 Å². The lowest BCUT2D eigenvalue weighted by atomic mass is 10.1. The Bertz CT molecular complexity index is 919. The van der Waals surface area contributed by atoms with Crippen molar-refractivity contribution in [3.8, 4) is 17.0 Å². The summed E-state index contributed by atoms with van der Waals surface area (Å²) in [6.45, 7) is 3.94. The number of carbonyl (C=O) groups is 1. The maximum atomic E-state index is 12.7. The Morgan fingerprint density at radius 2 is 1.86 bits per heavy atom. The van der Waals surface area contributed by atoms with Crippen LogP contribution in [-0.4, -0.2) is 52.5 Å². The van der Waals surface area contributed by atoms with E-state index >= 15 is 0 Å². The van der Waals surface area contributed by atoms with Gasteiger partial charge in [0, 0.05) is 17.7 Å². The average molecular weight is 391 g/mol. The van der Waals surface area contributed by atoms with Gasteiger partial charge in [0.05, 0.1) is 11.9 Å². The van der Waals surface area contributed by atoms with Crippen LogP contribution in [0.15, 0.2) is 54.7 Å². The molecule has 2 N–H and O–H groups in total. The van der Waals surface area contributed by atoms with Gasteiger partial charge in [-0.2, -0.15) is 15.4 Å². The summed E-state index contributed by atoms with van der Waals surface area (Å²) in [5.41, 5.74) is 2.75. The number of amides is 1. The number of anilines is 1. The van der Waals surface area contributed by atoms with Crippen molar-refractivity contribution in [3.63, 3.8) is 0 Å². The number of H-pyrrole nitrogens is 1. The molecule has 0 aliphatic carbocycles. The number of nitrogens with zero attached hydrogens (tertiary/aromatic N) is 3. The molecule has 7 heteroatoms. The number of ether oxygens (including phenoxy) is 1. The third-order valence-electron chi connectivity index (χ3n) is 5.11. The molecule has 0 radical (unpaired) electrons. The van der Waals surface area contributed by atoms with Gasteiger partial charge in [0.25, 0.3) is 5.91 Å². The zero-order chi connectivity index (χ0) is 19.9. The van der Waals surface area contributed by atoms with E-state index in [2.05, 4.69) is 25.6 Å². The summed E-state index contributed by atoms with van der Waals surface area (Å²) < 4.78 is 5.84. The Balaban J connectivity index is 1.34. The largest absolute Gasteiger partial charge is 0.492 e. The second-order valence-electron chi connectivity index (χ2n) is 7.13. The van der Waals surface area contributed by atoms with E-state index in [1.807, 2.05) is 36.4 Å². The number of para-hydroxylation sites is 1. The number of rotatable bonds is 7. The maximum Gasteiger partial charge on any atom is 0.255 e. The topological polar surface area (TPSA) is 83.1 Å². The highest BCUT2D eigenvalue weighted by Gasteiger charge is 2.12. The fourth-order valence-corrected chi connectivity index (χ4v) is 3.52. The number of likely N-dealkylation sites (tertiary alicyclic amines) is 1. The maximum absolute atomic E-state index is 12.7. The summed E-state index contributed by atoms with van der Waals surface area (Å²) in [6, 6.07) is 14.8. The molecule has 29 heavy (non-hydrogen) atoms. The molecule has 1 aliphatic heterocycles. The van der Waals surface area contributed by atoms with Crippen molar-refractivity contribution in [1.82, 2.24) is 20.3 Å². The van der Waals surface area contributed by atoms with E-state index in [0.29, 0.717) is 23.6 Å². The van der Waals surface area contributed by atoms with Crippen LogP contribution in [0.5, 0.6) is 5.75 Å². The molecule has 0 unspecified atom stereocenters. The minimum atomic E-state index is -0.180. The molecule has 2 heterocycles. The first-order chi connectivity index (χ1) is 14.3. The molecule has 0 saturated carbocycles. The summed E-state index contributed by atoms with van der Waals surface area (Å²) in [5.74, 6) is 0.599.